The van der Waals surface area contributed by atoms with Crippen molar-refractivity contribution in [1.82, 2.24) is 15.6 Å². The molecule has 3 N–H and O–H groups in total. The normalized spacial score (nSPS) is 11.3. The standard InChI is InChI=1S/C17H19F3N4O2S/c1-10(2)22-14(25)6-7-21-15(26)13-9-27-16(24-13)23-12-5-3-4-11(8-12)17(18,19)20/h3-5,8-10H,6-7H2,1-2H3,(H,21,26)(H,22,25)(H,23,24). The third-order valence-corrected chi connectivity index (χ3v) is 4.02. The smallest absolute Gasteiger partial charge is 0.354 e. The minimum Gasteiger partial charge on any atom is -0.354 e. The third-order valence-electron chi connectivity index (χ3n) is 3.27. The molecule has 0 saturated heterocycles. The Morgan fingerprint density at radius 2 is 2.00 bits per heavy atom. The highest BCUT2D eigenvalue weighted by Crippen LogP contribution is 2.31. The molecule has 6 nitrogen and oxygen atoms in total. The molecular formula is C17H19F3N4O2S. The summed E-state index contributed by atoms with van der Waals surface area (Å²) in [6, 6.07) is 4.73. The molecule has 146 valence electrons. The van der Waals surface area contributed by atoms with Crippen molar-refractivity contribution in [1.29, 1.82) is 0 Å². The van der Waals surface area contributed by atoms with Crippen molar-refractivity contribution in [3.63, 3.8) is 0 Å². The van der Waals surface area contributed by atoms with Gasteiger partial charge in [-0.15, -0.1) is 11.3 Å². The lowest BCUT2D eigenvalue weighted by Gasteiger charge is -2.09. The van der Waals surface area contributed by atoms with Crippen LogP contribution < -0.4 is 16.0 Å². The van der Waals surface area contributed by atoms with Crippen molar-refractivity contribution in [2.24, 2.45) is 0 Å². The van der Waals surface area contributed by atoms with Gasteiger partial charge >= 0.3 is 6.18 Å². The monoisotopic (exact) mass is 400 g/mol. The quantitative estimate of drug-likeness (QED) is 0.664. The van der Waals surface area contributed by atoms with Crippen LogP contribution in [0.1, 0.15) is 36.3 Å². The second kappa shape index (κ2) is 8.85. The highest BCUT2D eigenvalue weighted by Gasteiger charge is 2.30. The van der Waals surface area contributed by atoms with Crippen LogP contribution in [-0.2, 0) is 11.0 Å². The summed E-state index contributed by atoms with van der Waals surface area (Å²) in [5.74, 6) is -0.629. The van der Waals surface area contributed by atoms with Gasteiger partial charge in [0.2, 0.25) is 5.91 Å². The van der Waals surface area contributed by atoms with Gasteiger partial charge in [-0.25, -0.2) is 4.98 Å². The van der Waals surface area contributed by atoms with Crippen LogP contribution in [-0.4, -0.2) is 29.4 Å². The number of nitrogens with one attached hydrogen (secondary N) is 3. The first kappa shape index (κ1) is 20.7. The van der Waals surface area contributed by atoms with E-state index in [1.165, 1.54) is 17.5 Å². The van der Waals surface area contributed by atoms with Crippen LogP contribution in [0.15, 0.2) is 29.6 Å². The molecule has 1 aromatic carbocycles. The molecule has 0 aliphatic carbocycles. The van der Waals surface area contributed by atoms with E-state index in [-0.39, 0.29) is 41.4 Å². The Balaban J connectivity index is 1.91. The Bertz CT molecular complexity index is 805. The van der Waals surface area contributed by atoms with Gasteiger partial charge in [-0.1, -0.05) is 6.07 Å². The number of carbonyl (C=O) groups is 2. The van der Waals surface area contributed by atoms with Crippen molar-refractivity contribution in [2.75, 3.05) is 11.9 Å². The van der Waals surface area contributed by atoms with Gasteiger partial charge in [-0.2, -0.15) is 13.2 Å². The summed E-state index contributed by atoms with van der Waals surface area (Å²) in [7, 11) is 0. The summed E-state index contributed by atoms with van der Waals surface area (Å²) in [4.78, 5) is 27.6. The summed E-state index contributed by atoms with van der Waals surface area (Å²) in [6.45, 7) is 3.83. The molecule has 2 amide bonds. The minimum absolute atomic E-state index is 0.0243. The highest BCUT2D eigenvalue weighted by atomic mass is 32.1. The van der Waals surface area contributed by atoms with E-state index in [0.717, 1.165) is 23.5 Å². The van der Waals surface area contributed by atoms with Crippen molar-refractivity contribution in [3.05, 3.63) is 40.9 Å². The maximum atomic E-state index is 12.7. The molecule has 0 aliphatic rings. The van der Waals surface area contributed by atoms with Crippen molar-refractivity contribution in [2.45, 2.75) is 32.5 Å². The van der Waals surface area contributed by atoms with E-state index in [4.69, 9.17) is 0 Å². The topological polar surface area (TPSA) is 83.1 Å². The number of hydrogen-bond donors (Lipinski definition) is 3. The van der Waals surface area contributed by atoms with E-state index in [0.29, 0.717) is 0 Å². The van der Waals surface area contributed by atoms with Gasteiger partial charge in [0.1, 0.15) is 5.69 Å². The first-order valence-corrected chi connectivity index (χ1v) is 9.00. The molecule has 0 atom stereocenters. The van der Waals surface area contributed by atoms with Crippen molar-refractivity contribution >= 4 is 34.0 Å². The maximum absolute atomic E-state index is 12.7. The molecule has 0 bridgehead atoms. The molecule has 2 rings (SSSR count). The molecule has 0 unspecified atom stereocenters. The molecule has 1 heterocycles. The summed E-state index contributed by atoms with van der Waals surface area (Å²) in [5.41, 5.74) is -0.433. The highest BCUT2D eigenvalue weighted by molar-refractivity contribution is 7.14. The van der Waals surface area contributed by atoms with Crippen LogP contribution in [0.2, 0.25) is 0 Å². The number of carbonyl (C=O) groups excluding carboxylic acids is 2. The third kappa shape index (κ3) is 6.55. The van der Waals surface area contributed by atoms with Crippen LogP contribution >= 0.6 is 11.3 Å². The number of amides is 2. The number of alkyl halides is 3. The SMILES string of the molecule is CC(C)NC(=O)CCNC(=O)c1csc(Nc2cccc(C(F)(F)F)c2)n1. The first-order chi connectivity index (χ1) is 12.6. The molecule has 0 radical (unpaired) electrons. The zero-order valence-electron chi connectivity index (χ0n) is 14.7. The fourth-order valence-electron chi connectivity index (χ4n) is 2.11. The summed E-state index contributed by atoms with van der Waals surface area (Å²) >= 11 is 1.09. The average Bonchev–Trinajstić information content (AvgIpc) is 3.02. The van der Waals surface area contributed by atoms with Gasteiger partial charge in [-0.3, -0.25) is 9.59 Å². The molecular weight excluding hydrogens is 381 g/mol. The number of aromatic nitrogens is 1. The van der Waals surface area contributed by atoms with Crippen molar-refractivity contribution < 1.29 is 22.8 Å². The summed E-state index contributed by atoms with van der Waals surface area (Å²) in [5, 5.41) is 9.81. The van der Waals surface area contributed by atoms with E-state index < -0.39 is 17.6 Å². The van der Waals surface area contributed by atoms with Crippen LogP contribution in [0.4, 0.5) is 24.0 Å². The number of thiazole rings is 1. The average molecular weight is 400 g/mol. The summed E-state index contributed by atoms with van der Waals surface area (Å²) in [6.07, 6.45) is -4.29. The molecule has 0 saturated carbocycles. The lowest BCUT2D eigenvalue weighted by atomic mass is 10.2. The van der Waals surface area contributed by atoms with Crippen molar-refractivity contribution in [3.8, 4) is 0 Å². The second-order valence-corrected chi connectivity index (χ2v) is 6.83. The minimum atomic E-state index is -4.44. The Hall–Kier alpha value is -2.62. The van der Waals surface area contributed by atoms with Crippen LogP contribution in [0.3, 0.4) is 0 Å². The Morgan fingerprint density at radius 1 is 1.26 bits per heavy atom. The lowest BCUT2D eigenvalue weighted by molar-refractivity contribution is -0.137. The van der Waals surface area contributed by atoms with Crippen LogP contribution in [0.5, 0.6) is 0 Å². The van der Waals surface area contributed by atoms with E-state index in [2.05, 4.69) is 20.9 Å². The lowest BCUT2D eigenvalue weighted by Crippen LogP contribution is -2.34. The number of halogens is 3. The molecule has 1 aromatic heterocycles. The van der Waals surface area contributed by atoms with Gasteiger partial charge in [-0.05, 0) is 32.0 Å². The van der Waals surface area contributed by atoms with E-state index in [9.17, 15) is 22.8 Å². The van der Waals surface area contributed by atoms with Gasteiger partial charge in [0.05, 0.1) is 5.56 Å². The zero-order chi connectivity index (χ0) is 20.0. The summed E-state index contributed by atoms with van der Waals surface area (Å²) < 4.78 is 38.2. The van der Waals surface area contributed by atoms with Gasteiger partial charge < -0.3 is 16.0 Å². The molecule has 0 spiro atoms. The second-order valence-electron chi connectivity index (χ2n) is 5.97. The molecule has 10 heteroatoms. The maximum Gasteiger partial charge on any atom is 0.416 e. The van der Waals surface area contributed by atoms with Gasteiger partial charge in [0.15, 0.2) is 5.13 Å². The molecule has 0 aliphatic heterocycles. The van der Waals surface area contributed by atoms with E-state index >= 15 is 0 Å². The Labute approximate surface area is 158 Å². The number of rotatable bonds is 7. The van der Waals surface area contributed by atoms with Crippen LogP contribution in [0, 0.1) is 0 Å². The fraction of sp³-hybridized carbons (Fsp3) is 0.353. The predicted molar refractivity (Wildman–Crippen MR) is 97.1 cm³/mol. The number of anilines is 2. The van der Waals surface area contributed by atoms with Gasteiger partial charge in [0, 0.05) is 30.1 Å². The van der Waals surface area contributed by atoms with Crippen LogP contribution in [0.25, 0.3) is 0 Å². The first-order valence-electron chi connectivity index (χ1n) is 8.12. The number of benzene rings is 1. The molecule has 0 fully saturated rings. The Kier molecular flexibility index (Phi) is 6.78. The largest absolute Gasteiger partial charge is 0.416 e. The fourth-order valence-corrected chi connectivity index (χ4v) is 2.82. The number of hydrogen-bond acceptors (Lipinski definition) is 5. The Morgan fingerprint density at radius 3 is 2.67 bits per heavy atom. The van der Waals surface area contributed by atoms with E-state index in [1.54, 1.807) is 0 Å². The number of nitrogens with zero attached hydrogens (tertiary/aromatic N) is 1. The predicted octanol–water partition coefficient (Wildman–Crippen LogP) is 3.55. The van der Waals surface area contributed by atoms with E-state index in [1.807, 2.05) is 13.8 Å². The molecule has 27 heavy (non-hydrogen) atoms. The van der Waals surface area contributed by atoms with Gasteiger partial charge in [0.25, 0.3) is 5.91 Å². The molecule has 2 aromatic rings. The zero-order valence-corrected chi connectivity index (χ0v) is 15.5.